The van der Waals surface area contributed by atoms with Gasteiger partial charge in [-0.25, -0.2) is 4.98 Å². The topological polar surface area (TPSA) is 49.6 Å². The third-order valence-electron chi connectivity index (χ3n) is 3.15. The van der Waals surface area contributed by atoms with Crippen molar-refractivity contribution in [3.63, 3.8) is 0 Å². The number of imidazole rings is 1. The van der Waals surface area contributed by atoms with Gasteiger partial charge in [0, 0.05) is 23.4 Å². The van der Waals surface area contributed by atoms with Crippen molar-refractivity contribution < 1.29 is 5.11 Å². The molecule has 0 spiro atoms. The molecular formula is C14H23N3OS2. The van der Waals surface area contributed by atoms with Gasteiger partial charge in [-0.3, -0.25) is 4.40 Å². The summed E-state index contributed by atoms with van der Waals surface area (Å²) in [5.41, 5.74) is 1.19. The lowest BCUT2D eigenvalue weighted by Gasteiger charge is -2.14. The minimum atomic E-state index is -0.337. The van der Waals surface area contributed by atoms with Gasteiger partial charge in [-0.2, -0.15) is 0 Å². The van der Waals surface area contributed by atoms with Crippen LogP contribution in [0, 0.1) is 5.92 Å². The SMILES string of the molecule is CC(C)CNCc1c(SC(C)C(C)O)nc2sccn12. The number of nitrogens with zero attached hydrogens (tertiary/aromatic N) is 2. The fourth-order valence-electron chi connectivity index (χ4n) is 1.82. The predicted molar refractivity (Wildman–Crippen MR) is 86.6 cm³/mol. The van der Waals surface area contributed by atoms with E-state index in [0.717, 1.165) is 23.1 Å². The summed E-state index contributed by atoms with van der Waals surface area (Å²) in [6.45, 7) is 10.1. The molecule has 6 heteroatoms. The largest absolute Gasteiger partial charge is 0.392 e. The van der Waals surface area contributed by atoms with E-state index >= 15 is 0 Å². The molecule has 2 heterocycles. The van der Waals surface area contributed by atoms with Crippen molar-refractivity contribution in [2.75, 3.05) is 6.54 Å². The van der Waals surface area contributed by atoms with E-state index in [1.54, 1.807) is 23.1 Å². The molecule has 0 aliphatic carbocycles. The average molecular weight is 313 g/mol. The number of aromatic nitrogens is 2. The molecule has 2 aromatic rings. The van der Waals surface area contributed by atoms with Crippen molar-refractivity contribution in [2.45, 2.75) is 50.6 Å². The molecule has 2 aromatic heterocycles. The van der Waals surface area contributed by atoms with Gasteiger partial charge in [-0.1, -0.05) is 32.5 Å². The quantitative estimate of drug-likeness (QED) is 0.772. The Morgan fingerprint density at radius 3 is 2.80 bits per heavy atom. The number of thiazole rings is 1. The van der Waals surface area contributed by atoms with Gasteiger partial charge in [0.15, 0.2) is 4.96 Å². The Labute approximate surface area is 128 Å². The Kier molecular flexibility index (Phi) is 5.49. The number of aliphatic hydroxyl groups excluding tert-OH is 1. The molecule has 0 aliphatic rings. The number of fused-ring (bicyclic) bond motifs is 1. The monoisotopic (exact) mass is 313 g/mol. The first kappa shape index (κ1) is 15.8. The Balaban J connectivity index is 2.17. The van der Waals surface area contributed by atoms with Crippen LogP contribution in [0.3, 0.4) is 0 Å². The summed E-state index contributed by atoms with van der Waals surface area (Å²) < 4.78 is 2.15. The number of nitrogens with one attached hydrogen (secondary N) is 1. The van der Waals surface area contributed by atoms with Gasteiger partial charge in [-0.05, 0) is 19.4 Å². The normalized spacial score (nSPS) is 15.1. The van der Waals surface area contributed by atoms with Crippen molar-refractivity contribution in [2.24, 2.45) is 5.92 Å². The first-order valence-corrected chi connectivity index (χ1v) is 8.74. The zero-order valence-electron chi connectivity index (χ0n) is 12.5. The van der Waals surface area contributed by atoms with Crippen LogP contribution in [0.1, 0.15) is 33.4 Å². The molecule has 0 bridgehead atoms. The van der Waals surface area contributed by atoms with E-state index in [9.17, 15) is 5.11 Å². The lowest BCUT2D eigenvalue weighted by Crippen LogP contribution is -2.21. The standard InChI is InChI=1S/C14H23N3OS2/c1-9(2)7-15-8-12-13(20-11(4)10(3)18)16-14-17(12)5-6-19-14/h5-6,9-11,15,18H,7-8H2,1-4H3. The van der Waals surface area contributed by atoms with Crippen molar-refractivity contribution >= 4 is 28.1 Å². The molecule has 2 unspecified atom stereocenters. The molecule has 0 aromatic carbocycles. The van der Waals surface area contributed by atoms with Gasteiger partial charge in [0.1, 0.15) is 5.03 Å². The number of thioether (sulfide) groups is 1. The van der Waals surface area contributed by atoms with Crippen LogP contribution in [0.15, 0.2) is 16.6 Å². The molecule has 112 valence electrons. The van der Waals surface area contributed by atoms with Gasteiger partial charge < -0.3 is 10.4 Å². The van der Waals surface area contributed by atoms with Crippen LogP contribution < -0.4 is 5.32 Å². The lowest BCUT2D eigenvalue weighted by atomic mass is 10.2. The summed E-state index contributed by atoms with van der Waals surface area (Å²) in [7, 11) is 0. The number of hydrogen-bond acceptors (Lipinski definition) is 5. The maximum atomic E-state index is 9.68. The van der Waals surface area contributed by atoms with Crippen molar-refractivity contribution in [3.05, 3.63) is 17.3 Å². The van der Waals surface area contributed by atoms with Crippen LogP contribution in [-0.2, 0) is 6.54 Å². The molecule has 0 radical (unpaired) electrons. The molecular weight excluding hydrogens is 290 g/mol. The molecule has 0 fully saturated rings. The van der Waals surface area contributed by atoms with E-state index in [1.165, 1.54) is 5.69 Å². The van der Waals surface area contributed by atoms with Crippen molar-refractivity contribution in [1.29, 1.82) is 0 Å². The zero-order chi connectivity index (χ0) is 14.7. The number of rotatable bonds is 7. The molecule has 4 nitrogen and oxygen atoms in total. The summed E-state index contributed by atoms with van der Waals surface area (Å²) in [4.78, 5) is 5.71. The van der Waals surface area contributed by atoms with Crippen molar-refractivity contribution in [3.8, 4) is 0 Å². The fourth-order valence-corrected chi connectivity index (χ4v) is 3.61. The summed E-state index contributed by atoms with van der Waals surface area (Å²) in [5, 5.41) is 16.4. The Bertz CT molecular complexity index is 548. The number of aliphatic hydroxyl groups is 1. The molecule has 2 rings (SSSR count). The molecule has 0 saturated carbocycles. The van der Waals surface area contributed by atoms with Crippen LogP contribution in [0.4, 0.5) is 0 Å². The van der Waals surface area contributed by atoms with E-state index in [1.807, 2.05) is 13.8 Å². The molecule has 2 N–H and O–H groups in total. The summed E-state index contributed by atoms with van der Waals surface area (Å²) in [6, 6.07) is 0. The molecule has 0 amide bonds. The van der Waals surface area contributed by atoms with Crippen LogP contribution in [-0.4, -0.2) is 32.4 Å². The first-order chi connectivity index (χ1) is 9.49. The number of hydrogen-bond donors (Lipinski definition) is 2. The summed E-state index contributed by atoms with van der Waals surface area (Å²) in [6.07, 6.45) is 1.73. The van der Waals surface area contributed by atoms with E-state index in [-0.39, 0.29) is 11.4 Å². The van der Waals surface area contributed by atoms with Crippen LogP contribution in [0.2, 0.25) is 0 Å². The van der Waals surface area contributed by atoms with Gasteiger partial charge in [0.2, 0.25) is 0 Å². The second-order valence-corrected chi connectivity index (χ2v) is 7.75. The minimum absolute atomic E-state index is 0.142. The fraction of sp³-hybridized carbons (Fsp3) is 0.643. The first-order valence-electron chi connectivity index (χ1n) is 6.99. The third kappa shape index (κ3) is 3.75. The Morgan fingerprint density at radius 1 is 1.40 bits per heavy atom. The maximum absolute atomic E-state index is 9.68. The predicted octanol–water partition coefficient (Wildman–Crippen LogP) is 3.00. The second-order valence-electron chi connectivity index (χ2n) is 5.51. The lowest BCUT2D eigenvalue weighted by molar-refractivity contribution is 0.196. The van der Waals surface area contributed by atoms with Crippen molar-refractivity contribution in [1.82, 2.24) is 14.7 Å². The minimum Gasteiger partial charge on any atom is -0.392 e. The molecule has 0 saturated heterocycles. The van der Waals surface area contributed by atoms with Gasteiger partial charge in [0.05, 0.1) is 11.8 Å². The maximum Gasteiger partial charge on any atom is 0.194 e. The van der Waals surface area contributed by atoms with E-state index in [2.05, 4.69) is 40.1 Å². The van der Waals surface area contributed by atoms with E-state index < -0.39 is 0 Å². The average Bonchev–Trinajstić information content (AvgIpc) is 2.91. The second kappa shape index (κ2) is 6.93. The third-order valence-corrected chi connectivity index (χ3v) is 5.22. The van der Waals surface area contributed by atoms with E-state index in [4.69, 9.17) is 0 Å². The highest BCUT2D eigenvalue weighted by Crippen LogP contribution is 2.30. The highest BCUT2D eigenvalue weighted by atomic mass is 32.2. The zero-order valence-corrected chi connectivity index (χ0v) is 14.1. The van der Waals surface area contributed by atoms with Crippen LogP contribution in [0.5, 0.6) is 0 Å². The smallest absolute Gasteiger partial charge is 0.194 e. The van der Waals surface area contributed by atoms with Crippen LogP contribution in [0.25, 0.3) is 4.96 Å². The highest BCUT2D eigenvalue weighted by Gasteiger charge is 2.18. The molecule has 20 heavy (non-hydrogen) atoms. The summed E-state index contributed by atoms with van der Waals surface area (Å²) >= 11 is 3.30. The highest BCUT2D eigenvalue weighted by molar-refractivity contribution is 7.99. The van der Waals surface area contributed by atoms with Gasteiger partial charge >= 0.3 is 0 Å². The summed E-state index contributed by atoms with van der Waals surface area (Å²) in [5.74, 6) is 0.633. The van der Waals surface area contributed by atoms with Gasteiger partial charge in [0.25, 0.3) is 0 Å². The van der Waals surface area contributed by atoms with Gasteiger partial charge in [-0.15, -0.1) is 11.3 Å². The Morgan fingerprint density at radius 2 is 2.15 bits per heavy atom. The molecule has 2 atom stereocenters. The van der Waals surface area contributed by atoms with Crippen LogP contribution >= 0.6 is 23.1 Å². The molecule has 0 aliphatic heterocycles. The Hall–Kier alpha value is -0.560. The van der Waals surface area contributed by atoms with E-state index in [0.29, 0.717) is 5.92 Å².